The van der Waals surface area contributed by atoms with Crippen molar-refractivity contribution >= 4 is 40.1 Å². The number of urea groups is 1. The van der Waals surface area contributed by atoms with Gasteiger partial charge in [-0.05, 0) is 44.9 Å². The first-order chi connectivity index (χ1) is 15.6. The van der Waals surface area contributed by atoms with Gasteiger partial charge in [0.05, 0.1) is 5.52 Å². The van der Waals surface area contributed by atoms with E-state index in [0.29, 0.717) is 37.1 Å². The van der Waals surface area contributed by atoms with E-state index >= 15 is 0 Å². The molecule has 170 valence electrons. The first-order valence-electron chi connectivity index (χ1n) is 11.7. The van der Waals surface area contributed by atoms with Crippen molar-refractivity contribution in [1.82, 2.24) is 29.8 Å². The lowest BCUT2D eigenvalue weighted by Gasteiger charge is -2.40. The van der Waals surface area contributed by atoms with Gasteiger partial charge in [0.2, 0.25) is 5.95 Å². The Hall–Kier alpha value is -2.61. The van der Waals surface area contributed by atoms with Crippen LogP contribution in [0.25, 0.3) is 16.6 Å². The van der Waals surface area contributed by atoms with Crippen molar-refractivity contribution in [2.24, 2.45) is 0 Å². The number of halogens is 1. The summed E-state index contributed by atoms with van der Waals surface area (Å²) >= 11 is 6.29. The van der Waals surface area contributed by atoms with Gasteiger partial charge in [-0.15, -0.1) is 10.2 Å². The zero-order valence-electron chi connectivity index (χ0n) is 18.7. The molecule has 1 aromatic carbocycles. The molecule has 0 bridgehead atoms. The molecule has 3 aromatic rings. The van der Waals surface area contributed by atoms with Gasteiger partial charge in [0, 0.05) is 48.5 Å². The van der Waals surface area contributed by atoms with Gasteiger partial charge >= 0.3 is 6.03 Å². The van der Waals surface area contributed by atoms with Gasteiger partial charge < -0.3 is 15.1 Å². The second-order valence-electron chi connectivity index (χ2n) is 8.95. The van der Waals surface area contributed by atoms with Crippen molar-refractivity contribution < 1.29 is 4.79 Å². The monoisotopic (exact) mass is 455 g/mol. The molecule has 2 aromatic heterocycles. The van der Waals surface area contributed by atoms with E-state index in [9.17, 15) is 4.79 Å². The molecule has 3 heterocycles. The summed E-state index contributed by atoms with van der Waals surface area (Å²) in [7, 11) is 0. The largest absolute Gasteiger partial charge is 0.338 e. The number of aromatic nitrogens is 4. The Morgan fingerprint density at radius 2 is 2.00 bits per heavy atom. The predicted molar refractivity (Wildman–Crippen MR) is 127 cm³/mol. The van der Waals surface area contributed by atoms with Crippen LogP contribution in [0.5, 0.6) is 0 Å². The Labute approximate surface area is 192 Å². The van der Waals surface area contributed by atoms with E-state index in [1.54, 1.807) is 0 Å². The number of benzene rings is 1. The molecule has 0 spiro atoms. The summed E-state index contributed by atoms with van der Waals surface area (Å²) in [6.07, 6.45) is 6.03. The molecule has 1 saturated heterocycles. The molecule has 5 rings (SSSR count). The molecule has 8 nitrogen and oxygen atoms in total. The zero-order valence-corrected chi connectivity index (χ0v) is 19.5. The normalized spacial score (nSPS) is 20.3. The minimum absolute atomic E-state index is 0.00441. The first-order valence-corrected chi connectivity index (χ1v) is 12.1. The second-order valence-corrected chi connectivity index (χ2v) is 9.39. The summed E-state index contributed by atoms with van der Waals surface area (Å²) in [6, 6.07) is 5.82. The molecular weight excluding hydrogens is 426 g/mol. The number of amides is 2. The van der Waals surface area contributed by atoms with Gasteiger partial charge in [0.15, 0.2) is 5.65 Å². The molecular formula is C23H30ClN7O. The molecule has 2 aliphatic rings. The number of rotatable bonds is 3. The van der Waals surface area contributed by atoms with Crippen molar-refractivity contribution in [2.75, 3.05) is 31.1 Å². The topological polar surface area (TPSA) is 78.7 Å². The van der Waals surface area contributed by atoms with Crippen LogP contribution >= 0.6 is 11.6 Å². The maximum Gasteiger partial charge on any atom is 0.317 e. The Morgan fingerprint density at radius 1 is 1.19 bits per heavy atom. The summed E-state index contributed by atoms with van der Waals surface area (Å²) in [6.45, 7) is 6.71. The van der Waals surface area contributed by atoms with E-state index in [0.717, 1.165) is 41.2 Å². The lowest BCUT2D eigenvalue weighted by atomic mass is 9.89. The number of nitrogens with zero attached hydrogens (tertiary/aromatic N) is 6. The Kier molecular flexibility index (Phi) is 5.80. The van der Waals surface area contributed by atoms with Crippen molar-refractivity contribution in [1.29, 1.82) is 0 Å². The summed E-state index contributed by atoms with van der Waals surface area (Å²) in [5.74, 6) is 2.26. The van der Waals surface area contributed by atoms with Crippen LogP contribution in [0.2, 0.25) is 5.02 Å². The van der Waals surface area contributed by atoms with Gasteiger partial charge in [-0.25, -0.2) is 14.2 Å². The van der Waals surface area contributed by atoms with Crippen LogP contribution in [0.3, 0.4) is 0 Å². The third kappa shape index (κ3) is 3.74. The number of piperazine rings is 1. The third-order valence-corrected chi connectivity index (χ3v) is 7.01. The molecule has 32 heavy (non-hydrogen) atoms. The maximum atomic E-state index is 12.4. The number of hydrogen-bond acceptors (Lipinski definition) is 5. The highest BCUT2D eigenvalue weighted by Gasteiger charge is 2.31. The average Bonchev–Trinajstić information content (AvgIpc) is 3.24. The van der Waals surface area contributed by atoms with Crippen LogP contribution in [-0.4, -0.2) is 62.7 Å². The van der Waals surface area contributed by atoms with Crippen LogP contribution in [0.15, 0.2) is 18.2 Å². The van der Waals surface area contributed by atoms with E-state index in [-0.39, 0.29) is 12.1 Å². The molecule has 1 atom stereocenters. The van der Waals surface area contributed by atoms with E-state index in [1.165, 1.54) is 19.3 Å². The van der Waals surface area contributed by atoms with Crippen LogP contribution in [0.1, 0.15) is 57.7 Å². The van der Waals surface area contributed by atoms with E-state index in [2.05, 4.69) is 31.7 Å². The fourth-order valence-electron chi connectivity index (χ4n) is 5.14. The lowest BCUT2D eigenvalue weighted by molar-refractivity contribution is 0.171. The smallest absolute Gasteiger partial charge is 0.317 e. The number of anilines is 1. The predicted octanol–water partition coefficient (Wildman–Crippen LogP) is 4.22. The van der Waals surface area contributed by atoms with Crippen LogP contribution in [0.4, 0.5) is 10.7 Å². The summed E-state index contributed by atoms with van der Waals surface area (Å²) in [5, 5.41) is 13.8. The van der Waals surface area contributed by atoms with Gasteiger partial charge in [0.1, 0.15) is 5.82 Å². The van der Waals surface area contributed by atoms with Gasteiger partial charge in [-0.3, -0.25) is 0 Å². The molecule has 2 amide bonds. The van der Waals surface area contributed by atoms with Crippen molar-refractivity contribution in [2.45, 2.75) is 57.9 Å². The van der Waals surface area contributed by atoms with Crippen molar-refractivity contribution in [3.05, 3.63) is 29.0 Å². The van der Waals surface area contributed by atoms with Crippen LogP contribution < -0.4 is 10.2 Å². The highest BCUT2D eigenvalue weighted by Crippen LogP contribution is 2.35. The molecule has 0 radical (unpaired) electrons. The summed E-state index contributed by atoms with van der Waals surface area (Å²) in [4.78, 5) is 21.7. The number of nitrogens with one attached hydrogen (secondary N) is 1. The van der Waals surface area contributed by atoms with E-state index in [4.69, 9.17) is 16.6 Å². The van der Waals surface area contributed by atoms with Gasteiger partial charge in [-0.2, -0.15) is 0 Å². The molecule has 1 N–H and O–H groups in total. The highest BCUT2D eigenvalue weighted by atomic mass is 35.5. The fourth-order valence-corrected chi connectivity index (χ4v) is 5.31. The molecule has 1 aliphatic heterocycles. The molecule has 9 heteroatoms. The number of carbonyl (C=O) groups is 1. The molecule has 1 aliphatic carbocycles. The summed E-state index contributed by atoms with van der Waals surface area (Å²) in [5.41, 5.74) is 1.66. The number of fused-ring (bicyclic) bond motifs is 3. The Morgan fingerprint density at radius 3 is 2.75 bits per heavy atom. The third-order valence-electron chi connectivity index (χ3n) is 6.78. The molecule has 1 saturated carbocycles. The zero-order chi connectivity index (χ0) is 22.2. The second kappa shape index (κ2) is 8.73. The van der Waals surface area contributed by atoms with Gasteiger partial charge in [0.25, 0.3) is 0 Å². The number of carbonyl (C=O) groups excluding carboxylic acids is 1. The average molecular weight is 456 g/mol. The highest BCUT2D eigenvalue weighted by molar-refractivity contribution is 6.31. The Balaban J connectivity index is 1.59. The van der Waals surface area contributed by atoms with E-state index in [1.807, 2.05) is 30.0 Å². The van der Waals surface area contributed by atoms with Crippen LogP contribution in [-0.2, 0) is 0 Å². The standard InChI is InChI=1S/C23H30ClN7O/c1-3-25-23(32)30-12-11-29(14-15(30)2)22-26-19-13-17(24)9-10-18(19)21-28-27-20(31(21)22)16-7-5-4-6-8-16/h9-10,13,15-16H,3-8,11-12,14H2,1-2H3,(H,25,32). The quantitative estimate of drug-likeness (QED) is 0.639. The SMILES string of the molecule is CCNC(=O)N1CCN(c2nc3cc(Cl)ccc3c3nnc(C4CCCCC4)n23)CC1C. The first kappa shape index (κ1) is 21.2. The molecule has 2 fully saturated rings. The van der Waals surface area contributed by atoms with Crippen molar-refractivity contribution in [3.8, 4) is 0 Å². The minimum atomic E-state index is -0.00441. The van der Waals surface area contributed by atoms with Crippen LogP contribution in [0, 0.1) is 0 Å². The Bertz CT molecular complexity index is 1140. The number of hydrogen-bond donors (Lipinski definition) is 1. The molecule has 1 unspecified atom stereocenters. The minimum Gasteiger partial charge on any atom is -0.338 e. The van der Waals surface area contributed by atoms with E-state index < -0.39 is 0 Å². The maximum absolute atomic E-state index is 12.4. The van der Waals surface area contributed by atoms with Gasteiger partial charge in [-0.1, -0.05) is 30.9 Å². The fraction of sp³-hybridized carbons (Fsp3) is 0.565. The van der Waals surface area contributed by atoms with Crippen molar-refractivity contribution in [3.63, 3.8) is 0 Å². The lowest BCUT2D eigenvalue weighted by Crippen LogP contribution is -2.57. The summed E-state index contributed by atoms with van der Waals surface area (Å²) < 4.78 is 2.17.